The third-order valence-electron chi connectivity index (χ3n) is 1.49. The molecule has 11 heavy (non-hydrogen) atoms. The number of aryl methyl sites for hydroxylation is 1. The maximum absolute atomic E-state index is 2.21. The average Bonchev–Trinajstić information content (AvgIpc) is 2.04. The van der Waals surface area contributed by atoms with Crippen LogP contribution in [0.15, 0.2) is 29.2 Å². The second kappa shape index (κ2) is 4.45. The van der Waals surface area contributed by atoms with Crippen LogP contribution in [0.2, 0.25) is 0 Å². The zero-order valence-electron chi connectivity index (χ0n) is 7.13. The molecule has 0 nitrogen and oxygen atoms in total. The summed E-state index contributed by atoms with van der Waals surface area (Å²) in [5, 5.41) is 0. The minimum atomic E-state index is 1.23. The van der Waals surface area contributed by atoms with Gasteiger partial charge in [-0.15, -0.1) is 11.8 Å². The molecule has 1 rings (SSSR count). The molecule has 0 aliphatic rings. The van der Waals surface area contributed by atoms with Crippen LogP contribution in [0.1, 0.15) is 18.9 Å². The molecule has 0 aliphatic carbocycles. The fraction of sp³-hybridized carbons (Fsp3) is 0.400. The van der Waals surface area contributed by atoms with Crippen molar-refractivity contribution >= 4 is 11.8 Å². The summed E-state index contributed by atoms with van der Waals surface area (Å²) < 4.78 is 0. The Morgan fingerprint density at radius 1 is 1.18 bits per heavy atom. The van der Waals surface area contributed by atoms with Crippen molar-refractivity contribution in [2.75, 3.05) is 5.75 Å². The molecule has 60 valence electrons. The molecule has 0 N–H and O–H groups in total. The van der Waals surface area contributed by atoms with Crippen LogP contribution >= 0.6 is 11.8 Å². The van der Waals surface area contributed by atoms with Gasteiger partial charge >= 0.3 is 0 Å². The molecule has 1 aromatic rings. The zero-order chi connectivity index (χ0) is 8.10. The van der Waals surface area contributed by atoms with E-state index in [1.807, 2.05) is 11.8 Å². The van der Waals surface area contributed by atoms with Crippen molar-refractivity contribution in [1.82, 2.24) is 0 Å². The Bertz CT molecular complexity index is 201. The van der Waals surface area contributed by atoms with Crippen molar-refractivity contribution < 1.29 is 0 Å². The molecule has 0 saturated carbocycles. The molecular weight excluding hydrogens is 152 g/mol. The lowest BCUT2D eigenvalue weighted by Gasteiger charge is -1.98. The maximum Gasteiger partial charge on any atom is 0.00721 e. The SMILES string of the molecule is CCCSc1ccc(C)cc1. The van der Waals surface area contributed by atoms with Gasteiger partial charge in [0.1, 0.15) is 0 Å². The van der Waals surface area contributed by atoms with E-state index in [9.17, 15) is 0 Å². The van der Waals surface area contributed by atoms with Crippen molar-refractivity contribution in [3.8, 4) is 0 Å². The van der Waals surface area contributed by atoms with Crippen LogP contribution in [-0.4, -0.2) is 5.75 Å². The second-order valence-corrected chi connectivity index (χ2v) is 3.83. The second-order valence-electron chi connectivity index (χ2n) is 2.66. The van der Waals surface area contributed by atoms with E-state index in [2.05, 4.69) is 38.1 Å². The lowest BCUT2D eigenvalue weighted by atomic mass is 10.2. The first-order valence-corrected chi connectivity index (χ1v) is 5.01. The van der Waals surface area contributed by atoms with Crippen LogP contribution in [0.4, 0.5) is 0 Å². The first-order valence-electron chi connectivity index (χ1n) is 4.02. The van der Waals surface area contributed by atoms with Crippen LogP contribution in [-0.2, 0) is 0 Å². The van der Waals surface area contributed by atoms with Crippen molar-refractivity contribution in [2.45, 2.75) is 25.2 Å². The molecule has 0 unspecified atom stereocenters. The van der Waals surface area contributed by atoms with E-state index in [1.165, 1.54) is 22.6 Å². The molecule has 0 aliphatic heterocycles. The van der Waals surface area contributed by atoms with Gasteiger partial charge in [0.2, 0.25) is 0 Å². The fourth-order valence-electron chi connectivity index (χ4n) is 0.854. The number of benzene rings is 1. The summed E-state index contributed by atoms with van der Waals surface area (Å²) in [6.07, 6.45) is 1.25. The predicted molar refractivity (Wildman–Crippen MR) is 52.2 cm³/mol. The van der Waals surface area contributed by atoms with Crippen molar-refractivity contribution in [3.63, 3.8) is 0 Å². The Balaban J connectivity index is 2.52. The first kappa shape index (κ1) is 8.66. The molecule has 0 bridgehead atoms. The van der Waals surface area contributed by atoms with E-state index in [1.54, 1.807) is 0 Å². The molecule has 0 atom stereocenters. The lowest BCUT2D eigenvalue weighted by molar-refractivity contribution is 1.10. The molecule has 1 aromatic carbocycles. The van der Waals surface area contributed by atoms with E-state index < -0.39 is 0 Å². The van der Waals surface area contributed by atoms with Crippen LogP contribution in [0, 0.1) is 6.92 Å². The van der Waals surface area contributed by atoms with Crippen molar-refractivity contribution in [1.29, 1.82) is 0 Å². The molecule has 0 radical (unpaired) electrons. The monoisotopic (exact) mass is 166 g/mol. The molecule has 0 amide bonds. The van der Waals surface area contributed by atoms with Gasteiger partial charge in [-0.05, 0) is 31.2 Å². The minimum Gasteiger partial charge on any atom is -0.126 e. The van der Waals surface area contributed by atoms with Crippen molar-refractivity contribution in [3.05, 3.63) is 29.8 Å². The quantitative estimate of drug-likeness (QED) is 0.619. The molecule has 0 saturated heterocycles. The average molecular weight is 166 g/mol. The fourth-order valence-corrected chi connectivity index (χ4v) is 1.62. The molecule has 0 spiro atoms. The number of thioether (sulfide) groups is 1. The Morgan fingerprint density at radius 3 is 2.36 bits per heavy atom. The van der Waals surface area contributed by atoms with Crippen LogP contribution in [0.5, 0.6) is 0 Å². The summed E-state index contributed by atoms with van der Waals surface area (Å²) in [5.74, 6) is 1.23. The maximum atomic E-state index is 2.21. The van der Waals surface area contributed by atoms with Gasteiger partial charge in [-0.1, -0.05) is 24.6 Å². The van der Waals surface area contributed by atoms with Gasteiger partial charge in [0.05, 0.1) is 0 Å². The smallest absolute Gasteiger partial charge is 0.00721 e. The Labute approximate surface area is 73.0 Å². The highest BCUT2D eigenvalue weighted by molar-refractivity contribution is 7.99. The van der Waals surface area contributed by atoms with Gasteiger partial charge < -0.3 is 0 Å². The lowest BCUT2D eigenvalue weighted by Crippen LogP contribution is -1.76. The van der Waals surface area contributed by atoms with E-state index in [4.69, 9.17) is 0 Å². The zero-order valence-corrected chi connectivity index (χ0v) is 7.95. The molecule has 1 heteroatoms. The standard InChI is InChI=1S/C10H14S/c1-3-8-11-10-6-4-9(2)5-7-10/h4-7H,3,8H2,1-2H3. The summed E-state index contributed by atoms with van der Waals surface area (Å²) in [6.45, 7) is 4.33. The largest absolute Gasteiger partial charge is 0.126 e. The Kier molecular flexibility index (Phi) is 3.50. The normalized spacial score (nSPS) is 10.0. The first-order chi connectivity index (χ1) is 5.33. The van der Waals surface area contributed by atoms with Crippen LogP contribution < -0.4 is 0 Å². The van der Waals surface area contributed by atoms with E-state index in [0.29, 0.717) is 0 Å². The third kappa shape index (κ3) is 2.98. The summed E-state index contributed by atoms with van der Waals surface area (Å²) in [7, 11) is 0. The van der Waals surface area contributed by atoms with Gasteiger partial charge in [0, 0.05) is 4.90 Å². The van der Waals surface area contributed by atoms with Gasteiger partial charge in [0.25, 0.3) is 0 Å². The van der Waals surface area contributed by atoms with Crippen LogP contribution in [0.3, 0.4) is 0 Å². The van der Waals surface area contributed by atoms with Crippen LogP contribution in [0.25, 0.3) is 0 Å². The molecule has 0 heterocycles. The number of hydrogen-bond acceptors (Lipinski definition) is 1. The summed E-state index contributed by atoms with van der Waals surface area (Å²) in [4.78, 5) is 1.39. The highest BCUT2D eigenvalue weighted by atomic mass is 32.2. The summed E-state index contributed by atoms with van der Waals surface area (Å²) in [6, 6.07) is 8.71. The van der Waals surface area contributed by atoms with E-state index in [0.717, 1.165) is 0 Å². The topological polar surface area (TPSA) is 0 Å². The summed E-state index contributed by atoms with van der Waals surface area (Å²) >= 11 is 1.93. The number of rotatable bonds is 3. The Hall–Kier alpha value is -0.430. The molecule has 0 fully saturated rings. The third-order valence-corrected chi connectivity index (χ3v) is 2.71. The summed E-state index contributed by atoms with van der Waals surface area (Å²) in [5.41, 5.74) is 1.34. The molecule has 0 aromatic heterocycles. The number of hydrogen-bond donors (Lipinski definition) is 0. The molecular formula is C10H14S. The van der Waals surface area contributed by atoms with E-state index in [-0.39, 0.29) is 0 Å². The van der Waals surface area contributed by atoms with Gasteiger partial charge in [-0.2, -0.15) is 0 Å². The van der Waals surface area contributed by atoms with Gasteiger partial charge in [-0.3, -0.25) is 0 Å². The highest BCUT2D eigenvalue weighted by Crippen LogP contribution is 2.18. The minimum absolute atomic E-state index is 1.23. The predicted octanol–water partition coefficient (Wildman–Crippen LogP) is 3.50. The van der Waals surface area contributed by atoms with Crippen molar-refractivity contribution in [2.24, 2.45) is 0 Å². The van der Waals surface area contributed by atoms with E-state index >= 15 is 0 Å². The highest BCUT2D eigenvalue weighted by Gasteiger charge is 1.90. The van der Waals surface area contributed by atoms with Gasteiger partial charge in [0.15, 0.2) is 0 Å². The Morgan fingerprint density at radius 2 is 1.82 bits per heavy atom. The van der Waals surface area contributed by atoms with Gasteiger partial charge in [-0.25, -0.2) is 0 Å².